The van der Waals surface area contributed by atoms with E-state index < -0.39 is 6.10 Å². The van der Waals surface area contributed by atoms with E-state index >= 15 is 0 Å². The van der Waals surface area contributed by atoms with Crippen LogP contribution in [-0.2, 0) is 0 Å². The fourth-order valence-electron chi connectivity index (χ4n) is 2.51. The predicted molar refractivity (Wildman–Crippen MR) is 108 cm³/mol. The van der Waals surface area contributed by atoms with Gasteiger partial charge in [0, 0.05) is 13.6 Å². The van der Waals surface area contributed by atoms with E-state index in [2.05, 4.69) is 10.3 Å². The van der Waals surface area contributed by atoms with Gasteiger partial charge >= 0.3 is 0 Å². The van der Waals surface area contributed by atoms with Gasteiger partial charge in [0.25, 0.3) is 0 Å². The van der Waals surface area contributed by atoms with Crippen molar-refractivity contribution in [1.82, 2.24) is 10.2 Å². The van der Waals surface area contributed by atoms with Crippen LogP contribution in [0.15, 0.2) is 53.5 Å². The fourth-order valence-corrected chi connectivity index (χ4v) is 2.51. The number of rotatable bonds is 9. The zero-order chi connectivity index (χ0) is 20.4. The average molecular weight is 389 g/mol. The Labute approximate surface area is 165 Å². The van der Waals surface area contributed by atoms with Crippen LogP contribution in [0.2, 0.25) is 0 Å². The first-order valence-electron chi connectivity index (χ1n) is 9.23. The highest BCUT2D eigenvalue weighted by Gasteiger charge is 2.10. The third-order valence-corrected chi connectivity index (χ3v) is 4.12. The molecular formula is C21H28FN3O3. The second-order valence-electron chi connectivity index (χ2n) is 6.21. The molecule has 0 aliphatic rings. The minimum absolute atomic E-state index is 0.234. The van der Waals surface area contributed by atoms with Crippen molar-refractivity contribution in [2.45, 2.75) is 13.0 Å². The predicted octanol–water partition coefficient (Wildman–Crippen LogP) is 2.84. The molecule has 0 spiro atoms. The molecule has 0 saturated heterocycles. The van der Waals surface area contributed by atoms with Crippen LogP contribution in [0, 0.1) is 5.82 Å². The standard InChI is InChI=1S/C21H28FN3O3/c1-4-23-21(24-15-20(26)16-5-9-18(27-3)10-6-16)25(2)13-14-28-19-11-7-17(22)8-12-19/h5-12,20,26H,4,13-15H2,1-3H3,(H,23,24). The zero-order valence-corrected chi connectivity index (χ0v) is 16.6. The number of aliphatic hydroxyl groups excluding tert-OH is 1. The highest BCUT2D eigenvalue weighted by molar-refractivity contribution is 5.79. The normalized spacial score (nSPS) is 12.4. The number of halogens is 1. The largest absolute Gasteiger partial charge is 0.497 e. The lowest BCUT2D eigenvalue weighted by Crippen LogP contribution is -2.41. The van der Waals surface area contributed by atoms with Crippen molar-refractivity contribution >= 4 is 5.96 Å². The van der Waals surface area contributed by atoms with Gasteiger partial charge < -0.3 is 24.8 Å². The van der Waals surface area contributed by atoms with Gasteiger partial charge in [-0.3, -0.25) is 4.99 Å². The van der Waals surface area contributed by atoms with Crippen molar-refractivity contribution in [3.8, 4) is 11.5 Å². The maximum Gasteiger partial charge on any atom is 0.193 e. The maximum absolute atomic E-state index is 12.9. The first kappa shape index (κ1) is 21.5. The molecule has 0 bridgehead atoms. The Kier molecular flexibility index (Phi) is 8.55. The lowest BCUT2D eigenvalue weighted by Gasteiger charge is -2.22. The lowest BCUT2D eigenvalue weighted by molar-refractivity contribution is 0.186. The molecule has 2 aromatic rings. The van der Waals surface area contributed by atoms with Crippen LogP contribution in [0.3, 0.4) is 0 Å². The number of benzene rings is 2. The number of nitrogens with one attached hydrogen (secondary N) is 1. The summed E-state index contributed by atoms with van der Waals surface area (Å²) in [6, 6.07) is 13.2. The third-order valence-electron chi connectivity index (χ3n) is 4.12. The monoisotopic (exact) mass is 389 g/mol. The maximum atomic E-state index is 12.9. The van der Waals surface area contributed by atoms with E-state index in [-0.39, 0.29) is 12.4 Å². The highest BCUT2D eigenvalue weighted by atomic mass is 19.1. The summed E-state index contributed by atoms with van der Waals surface area (Å²) in [7, 11) is 3.50. The van der Waals surface area contributed by atoms with Gasteiger partial charge in [0.15, 0.2) is 5.96 Å². The van der Waals surface area contributed by atoms with Crippen LogP contribution < -0.4 is 14.8 Å². The van der Waals surface area contributed by atoms with E-state index in [9.17, 15) is 9.50 Å². The van der Waals surface area contributed by atoms with Gasteiger partial charge in [-0.2, -0.15) is 0 Å². The molecular weight excluding hydrogens is 361 g/mol. The topological polar surface area (TPSA) is 66.3 Å². The fraction of sp³-hybridized carbons (Fsp3) is 0.381. The molecule has 1 atom stereocenters. The van der Waals surface area contributed by atoms with E-state index in [1.54, 1.807) is 19.2 Å². The van der Waals surface area contributed by atoms with Crippen LogP contribution in [0.1, 0.15) is 18.6 Å². The number of hydrogen-bond acceptors (Lipinski definition) is 4. The first-order valence-corrected chi connectivity index (χ1v) is 9.23. The zero-order valence-electron chi connectivity index (χ0n) is 16.6. The Hall–Kier alpha value is -2.80. The van der Waals surface area contributed by atoms with Crippen LogP contribution in [0.4, 0.5) is 4.39 Å². The van der Waals surface area contributed by atoms with Gasteiger partial charge in [-0.1, -0.05) is 12.1 Å². The SMILES string of the molecule is CCNC(=NCC(O)c1ccc(OC)cc1)N(C)CCOc1ccc(F)cc1. The van der Waals surface area contributed by atoms with E-state index in [1.165, 1.54) is 12.1 Å². The number of methoxy groups -OCH3 is 1. The van der Waals surface area contributed by atoms with Crippen LogP contribution >= 0.6 is 0 Å². The number of aliphatic hydroxyl groups is 1. The smallest absolute Gasteiger partial charge is 0.193 e. The van der Waals surface area contributed by atoms with Gasteiger partial charge in [0.05, 0.1) is 26.3 Å². The number of nitrogens with zero attached hydrogens (tertiary/aromatic N) is 2. The number of ether oxygens (including phenoxy) is 2. The molecule has 0 aliphatic carbocycles. The molecule has 2 aromatic carbocycles. The molecule has 0 aromatic heterocycles. The molecule has 28 heavy (non-hydrogen) atoms. The number of hydrogen-bond donors (Lipinski definition) is 2. The van der Waals surface area contributed by atoms with Crippen LogP contribution in [0.25, 0.3) is 0 Å². The van der Waals surface area contributed by atoms with Crippen molar-refractivity contribution < 1.29 is 19.0 Å². The van der Waals surface area contributed by atoms with E-state index in [4.69, 9.17) is 9.47 Å². The quantitative estimate of drug-likeness (QED) is 0.510. The molecule has 0 heterocycles. The summed E-state index contributed by atoms with van der Waals surface area (Å²) in [6.07, 6.45) is -0.705. The van der Waals surface area contributed by atoms with Gasteiger partial charge in [0.1, 0.15) is 23.9 Å². The molecule has 1 unspecified atom stereocenters. The molecule has 0 saturated carbocycles. The van der Waals surface area contributed by atoms with Crippen molar-refractivity contribution in [3.63, 3.8) is 0 Å². The van der Waals surface area contributed by atoms with Crippen molar-refractivity contribution in [2.24, 2.45) is 4.99 Å². The first-order chi connectivity index (χ1) is 13.5. The van der Waals surface area contributed by atoms with Crippen molar-refractivity contribution in [2.75, 3.05) is 40.4 Å². The third kappa shape index (κ3) is 6.74. The summed E-state index contributed by atoms with van der Waals surface area (Å²) in [6.45, 7) is 3.94. The van der Waals surface area contributed by atoms with E-state index in [1.807, 2.05) is 43.1 Å². The summed E-state index contributed by atoms with van der Waals surface area (Å²) < 4.78 is 23.7. The molecule has 0 amide bonds. The molecule has 7 heteroatoms. The van der Waals surface area contributed by atoms with Gasteiger partial charge in [0.2, 0.25) is 0 Å². The summed E-state index contributed by atoms with van der Waals surface area (Å²) in [4.78, 5) is 6.44. The second-order valence-corrected chi connectivity index (χ2v) is 6.21. The Bertz CT molecular complexity index is 736. The Morgan fingerprint density at radius 2 is 1.79 bits per heavy atom. The molecule has 0 fully saturated rings. The summed E-state index contributed by atoms with van der Waals surface area (Å²) in [5, 5.41) is 13.6. The molecule has 0 radical (unpaired) electrons. The minimum Gasteiger partial charge on any atom is -0.497 e. The van der Waals surface area contributed by atoms with Crippen LogP contribution in [-0.4, -0.2) is 56.4 Å². The molecule has 0 aliphatic heterocycles. The minimum atomic E-state index is -0.705. The number of likely N-dealkylation sites (N-methyl/N-ethyl adjacent to an activating group) is 1. The molecule has 6 nitrogen and oxygen atoms in total. The Morgan fingerprint density at radius 1 is 1.14 bits per heavy atom. The van der Waals surface area contributed by atoms with E-state index in [0.29, 0.717) is 31.4 Å². The molecule has 2 N–H and O–H groups in total. The summed E-state index contributed by atoms with van der Waals surface area (Å²) in [5.74, 6) is 1.75. The summed E-state index contributed by atoms with van der Waals surface area (Å²) >= 11 is 0. The Morgan fingerprint density at radius 3 is 2.39 bits per heavy atom. The van der Waals surface area contributed by atoms with Crippen molar-refractivity contribution in [3.05, 3.63) is 59.9 Å². The van der Waals surface area contributed by atoms with E-state index in [0.717, 1.165) is 11.3 Å². The van der Waals surface area contributed by atoms with Crippen LogP contribution in [0.5, 0.6) is 11.5 Å². The van der Waals surface area contributed by atoms with Gasteiger partial charge in [-0.15, -0.1) is 0 Å². The summed E-state index contributed by atoms with van der Waals surface area (Å²) in [5.41, 5.74) is 0.780. The van der Waals surface area contributed by atoms with Crippen molar-refractivity contribution in [1.29, 1.82) is 0 Å². The molecule has 2 rings (SSSR count). The highest BCUT2D eigenvalue weighted by Crippen LogP contribution is 2.18. The lowest BCUT2D eigenvalue weighted by atomic mass is 10.1. The Balaban J connectivity index is 1.89. The number of aliphatic imine (C=N–C) groups is 1. The molecule has 152 valence electrons. The van der Waals surface area contributed by atoms with Gasteiger partial charge in [-0.25, -0.2) is 4.39 Å². The average Bonchev–Trinajstić information content (AvgIpc) is 2.72. The second kappa shape index (κ2) is 11.1. The van der Waals surface area contributed by atoms with Gasteiger partial charge in [-0.05, 0) is 48.9 Å². The number of guanidine groups is 1.